The van der Waals surface area contributed by atoms with Gasteiger partial charge in [0.25, 0.3) is 0 Å². The third kappa shape index (κ3) is 4.06. The highest BCUT2D eigenvalue weighted by Crippen LogP contribution is 2.22. The zero-order valence-electron chi connectivity index (χ0n) is 17.2. The zero-order chi connectivity index (χ0) is 22.1. The van der Waals surface area contributed by atoms with Crippen LogP contribution in [0.25, 0.3) is 17.2 Å². The van der Waals surface area contributed by atoms with E-state index < -0.39 is 11.6 Å². The smallest absolute Gasteiger partial charge is 0.225 e. The summed E-state index contributed by atoms with van der Waals surface area (Å²) in [5, 5.41) is 7.59. The molecule has 3 aromatic heterocycles. The predicted molar refractivity (Wildman–Crippen MR) is 116 cm³/mol. The maximum atomic E-state index is 14.0. The Hall–Kier alpha value is -3.73. The number of benzene rings is 1. The molecule has 1 fully saturated rings. The van der Waals surface area contributed by atoms with Gasteiger partial charge in [-0.2, -0.15) is 9.50 Å². The first-order valence-electron chi connectivity index (χ1n) is 10.3. The Kier molecular flexibility index (Phi) is 5.31. The fourth-order valence-electron chi connectivity index (χ4n) is 3.79. The van der Waals surface area contributed by atoms with Crippen molar-refractivity contribution < 1.29 is 13.2 Å². The molecule has 0 radical (unpaired) electrons. The van der Waals surface area contributed by atoms with Crippen molar-refractivity contribution in [1.82, 2.24) is 24.5 Å². The van der Waals surface area contributed by atoms with Gasteiger partial charge >= 0.3 is 0 Å². The molecule has 0 spiro atoms. The summed E-state index contributed by atoms with van der Waals surface area (Å²) in [6.07, 6.45) is 1.56. The topological polar surface area (TPSA) is 101 Å². The first-order chi connectivity index (χ1) is 15.6. The molecule has 0 bridgehead atoms. The van der Waals surface area contributed by atoms with E-state index >= 15 is 0 Å². The fraction of sp³-hybridized carbons (Fsp3) is 0.286. The van der Waals surface area contributed by atoms with Gasteiger partial charge in [0.2, 0.25) is 11.8 Å². The van der Waals surface area contributed by atoms with Crippen molar-refractivity contribution in [1.29, 1.82) is 0 Å². The lowest BCUT2D eigenvalue weighted by atomic mass is 10.2. The molecule has 32 heavy (non-hydrogen) atoms. The molecule has 3 N–H and O–H groups in total. The number of aromatic nitrogens is 4. The minimum atomic E-state index is -0.430. The number of furan rings is 1. The molecule has 0 aliphatic carbocycles. The highest BCUT2D eigenvalue weighted by Gasteiger charge is 2.20. The van der Waals surface area contributed by atoms with Crippen LogP contribution in [0.3, 0.4) is 0 Å². The molecule has 0 atom stereocenters. The maximum absolute atomic E-state index is 14.0. The van der Waals surface area contributed by atoms with Crippen LogP contribution in [0.5, 0.6) is 0 Å². The number of halogens is 2. The summed E-state index contributed by atoms with van der Waals surface area (Å²) in [5.41, 5.74) is 6.92. The molecule has 4 aromatic rings. The lowest BCUT2D eigenvalue weighted by Crippen LogP contribution is -2.48. The van der Waals surface area contributed by atoms with Crippen molar-refractivity contribution in [3.63, 3.8) is 0 Å². The minimum Gasteiger partial charge on any atom is -0.461 e. The first kappa shape index (κ1) is 20.2. The van der Waals surface area contributed by atoms with Crippen molar-refractivity contribution in [2.45, 2.75) is 0 Å². The number of piperazine rings is 1. The van der Waals surface area contributed by atoms with Crippen LogP contribution < -0.4 is 16.0 Å². The second-order valence-corrected chi connectivity index (χ2v) is 7.53. The van der Waals surface area contributed by atoms with E-state index in [9.17, 15) is 8.78 Å². The second-order valence-electron chi connectivity index (χ2n) is 7.53. The van der Waals surface area contributed by atoms with E-state index in [1.807, 2.05) is 4.90 Å². The molecule has 0 unspecified atom stereocenters. The van der Waals surface area contributed by atoms with Gasteiger partial charge in [0, 0.05) is 51.4 Å². The van der Waals surface area contributed by atoms with E-state index in [4.69, 9.17) is 10.2 Å². The monoisotopic (exact) mass is 440 g/mol. The van der Waals surface area contributed by atoms with E-state index in [1.54, 1.807) is 24.5 Å². The van der Waals surface area contributed by atoms with E-state index in [0.717, 1.165) is 25.7 Å². The molecule has 1 aromatic carbocycles. The van der Waals surface area contributed by atoms with Gasteiger partial charge in [0.05, 0.1) is 12.0 Å². The van der Waals surface area contributed by atoms with Crippen LogP contribution in [-0.4, -0.2) is 63.8 Å². The van der Waals surface area contributed by atoms with Crippen LogP contribution in [-0.2, 0) is 0 Å². The molecule has 1 aliphatic heterocycles. The summed E-state index contributed by atoms with van der Waals surface area (Å²) in [6.45, 7) is 4.19. The molecule has 5 rings (SSSR count). The lowest BCUT2D eigenvalue weighted by Gasteiger charge is -2.36. The lowest BCUT2D eigenvalue weighted by molar-refractivity contribution is 0.266. The number of hydrogen-bond donors (Lipinski definition) is 2. The number of rotatable bonds is 6. The van der Waals surface area contributed by atoms with Crippen LogP contribution in [0.1, 0.15) is 0 Å². The summed E-state index contributed by atoms with van der Waals surface area (Å²) < 4.78 is 34.3. The van der Waals surface area contributed by atoms with Crippen LogP contribution in [0.2, 0.25) is 0 Å². The van der Waals surface area contributed by atoms with Gasteiger partial charge in [0.15, 0.2) is 11.4 Å². The number of nitrogens with two attached hydrogens (primary N) is 1. The quantitative estimate of drug-likeness (QED) is 0.472. The molecule has 11 heteroatoms. The van der Waals surface area contributed by atoms with Crippen LogP contribution in [0.15, 0.2) is 47.1 Å². The number of nitrogen functional groups attached to an aromatic ring is 1. The minimum absolute atomic E-state index is 0.223. The van der Waals surface area contributed by atoms with Gasteiger partial charge in [-0.05, 0) is 24.3 Å². The second kappa shape index (κ2) is 8.42. The Labute approximate surface area is 182 Å². The molecular weight excluding hydrogens is 418 g/mol. The highest BCUT2D eigenvalue weighted by molar-refractivity contribution is 5.58. The van der Waals surface area contributed by atoms with Gasteiger partial charge in [-0.1, -0.05) is 0 Å². The van der Waals surface area contributed by atoms with E-state index in [-0.39, 0.29) is 5.95 Å². The Morgan fingerprint density at radius 2 is 1.91 bits per heavy atom. The number of anilines is 3. The molecular formula is C21H22F2N8O. The summed E-state index contributed by atoms with van der Waals surface area (Å²) in [4.78, 5) is 12.9. The van der Waals surface area contributed by atoms with Crippen LogP contribution in [0.4, 0.5) is 26.2 Å². The number of nitrogens with one attached hydrogen (secondary N) is 1. The van der Waals surface area contributed by atoms with Gasteiger partial charge in [-0.25, -0.2) is 13.8 Å². The number of hydrogen-bond acceptors (Lipinski definition) is 8. The number of nitrogens with zero attached hydrogens (tertiary/aromatic N) is 6. The Morgan fingerprint density at radius 3 is 2.69 bits per heavy atom. The van der Waals surface area contributed by atoms with Crippen molar-refractivity contribution in [2.24, 2.45) is 0 Å². The highest BCUT2D eigenvalue weighted by atomic mass is 19.1. The van der Waals surface area contributed by atoms with Crippen molar-refractivity contribution >= 4 is 23.1 Å². The SMILES string of the molecule is Nc1nc(NCCN2CCN(c3cc(F)ccc3F)CC2)cc2nc(-c3ccco3)nn12. The summed E-state index contributed by atoms with van der Waals surface area (Å²) in [7, 11) is 0. The first-order valence-corrected chi connectivity index (χ1v) is 10.3. The zero-order valence-corrected chi connectivity index (χ0v) is 17.2. The average molecular weight is 440 g/mol. The summed E-state index contributed by atoms with van der Waals surface area (Å²) in [6, 6.07) is 8.88. The van der Waals surface area contributed by atoms with E-state index in [2.05, 4.69) is 25.3 Å². The van der Waals surface area contributed by atoms with E-state index in [0.29, 0.717) is 48.4 Å². The third-order valence-corrected chi connectivity index (χ3v) is 5.45. The number of fused-ring (bicyclic) bond motifs is 1. The normalized spacial score (nSPS) is 14.9. The molecule has 4 heterocycles. The Balaban J connectivity index is 1.17. The Bertz CT molecular complexity index is 1220. The summed E-state index contributed by atoms with van der Waals surface area (Å²) in [5.74, 6) is 0.994. The van der Waals surface area contributed by atoms with Gasteiger partial charge < -0.3 is 20.4 Å². The standard InChI is InChI=1S/C21H22F2N8O/c22-14-3-4-15(23)16(12-14)30-9-7-29(8-10-30)6-5-25-18-13-19-27-20(17-2-1-11-32-17)28-31(19)21(24)26-18/h1-4,11-13,25H,5-10H2,(H2,24,26). The van der Waals surface area contributed by atoms with Crippen molar-refractivity contribution in [2.75, 3.05) is 55.2 Å². The molecule has 166 valence electrons. The van der Waals surface area contributed by atoms with Crippen molar-refractivity contribution in [3.8, 4) is 11.6 Å². The predicted octanol–water partition coefficient (Wildman–Crippen LogP) is 2.48. The Morgan fingerprint density at radius 1 is 1.06 bits per heavy atom. The molecule has 0 saturated carbocycles. The molecule has 1 saturated heterocycles. The van der Waals surface area contributed by atoms with Crippen LogP contribution in [0, 0.1) is 11.6 Å². The van der Waals surface area contributed by atoms with Gasteiger partial charge in [-0.15, -0.1) is 5.10 Å². The molecule has 1 aliphatic rings. The maximum Gasteiger partial charge on any atom is 0.225 e. The average Bonchev–Trinajstić information content (AvgIpc) is 3.46. The molecule has 0 amide bonds. The van der Waals surface area contributed by atoms with Gasteiger partial charge in [-0.3, -0.25) is 4.90 Å². The largest absolute Gasteiger partial charge is 0.461 e. The van der Waals surface area contributed by atoms with E-state index in [1.165, 1.54) is 16.6 Å². The van der Waals surface area contributed by atoms with Crippen molar-refractivity contribution in [3.05, 3.63) is 54.3 Å². The van der Waals surface area contributed by atoms with Gasteiger partial charge in [0.1, 0.15) is 17.5 Å². The fourth-order valence-corrected chi connectivity index (χ4v) is 3.79. The van der Waals surface area contributed by atoms with Crippen LogP contribution >= 0.6 is 0 Å². The summed E-state index contributed by atoms with van der Waals surface area (Å²) >= 11 is 0. The molecule has 9 nitrogen and oxygen atoms in total. The third-order valence-electron chi connectivity index (χ3n) is 5.45.